The van der Waals surface area contributed by atoms with E-state index in [-0.39, 0.29) is 17.0 Å². The third-order valence-electron chi connectivity index (χ3n) is 5.75. The van der Waals surface area contributed by atoms with Crippen LogP contribution in [0.25, 0.3) is 0 Å². The number of amides is 1. The molecular formula is C19H38N4O. The number of hydrogen-bond acceptors (Lipinski definition) is 4. The van der Waals surface area contributed by atoms with Gasteiger partial charge in [-0.05, 0) is 80.3 Å². The van der Waals surface area contributed by atoms with Crippen molar-refractivity contribution in [2.45, 2.75) is 83.5 Å². The van der Waals surface area contributed by atoms with Crippen molar-refractivity contribution in [1.82, 2.24) is 20.9 Å². The van der Waals surface area contributed by atoms with Crippen LogP contribution in [0.2, 0.25) is 0 Å². The Balaban J connectivity index is 1.86. The number of nitrogens with one attached hydrogen (secondary N) is 3. The van der Waals surface area contributed by atoms with E-state index < -0.39 is 5.54 Å². The van der Waals surface area contributed by atoms with Crippen LogP contribution in [0.3, 0.4) is 0 Å². The minimum absolute atomic E-state index is 0.0904. The largest absolute Gasteiger partial charge is 0.354 e. The van der Waals surface area contributed by atoms with E-state index in [1.807, 2.05) is 20.9 Å². The molecule has 2 aliphatic heterocycles. The highest BCUT2D eigenvalue weighted by atomic mass is 16.2. The van der Waals surface area contributed by atoms with E-state index in [0.29, 0.717) is 12.0 Å². The summed E-state index contributed by atoms with van der Waals surface area (Å²) in [5, 5.41) is 9.97. The second-order valence-corrected chi connectivity index (χ2v) is 9.69. The highest BCUT2D eigenvalue weighted by molar-refractivity contribution is 5.85. The summed E-state index contributed by atoms with van der Waals surface area (Å²) in [4.78, 5) is 14.9. The van der Waals surface area contributed by atoms with Gasteiger partial charge >= 0.3 is 0 Å². The van der Waals surface area contributed by atoms with Crippen LogP contribution in [0.15, 0.2) is 0 Å². The number of likely N-dealkylation sites (tertiary alicyclic amines) is 1. The van der Waals surface area contributed by atoms with E-state index in [1.54, 1.807) is 0 Å². The molecule has 5 nitrogen and oxygen atoms in total. The lowest BCUT2D eigenvalue weighted by Crippen LogP contribution is -2.62. The molecule has 2 saturated heterocycles. The van der Waals surface area contributed by atoms with Gasteiger partial charge in [0.05, 0.1) is 5.54 Å². The van der Waals surface area contributed by atoms with Crippen molar-refractivity contribution >= 4 is 5.91 Å². The monoisotopic (exact) mass is 338 g/mol. The molecular weight excluding hydrogens is 300 g/mol. The molecule has 0 aromatic carbocycles. The molecule has 2 heterocycles. The topological polar surface area (TPSA) is 56.4 Å². The van der Waals surface area contributed by atoms with E-state index in [2.05, 4.69) is 48.5 Å². The van der Waals surface area contributed by atoms with Crippen LogP contribution in [-0.2, 0) is 4.79 Å². The van der Waals surface area contributed by atoms with Gasteiger partial charge in [0.25, 0.3) is 0 Å². The van der Waals surface area contributed by atoms with Crippen LogP contribution in [0.5, 0.6) is 0 Å². The van der Waals surface area contributed by atoms with Gasteiger partial charge in [0.15, 0.2) is 0 Å². The van der Waals surface area contributed by atoms with Crippen molar-refractivity contribution in [2.75, 3.05) is 26.7 Å². The van der Waals surface area contributed by atoms with Crippen molar-refractivity contribution in [1.29, 1.82) is 0 Å². The molecule has 1 atom stereocenters. The summed E-state index contributed by atoms with van der Waals surface area (Å²) in [6.07, 6.45) is 3.58. The number of piperidine rings is 1. The Morgan fingerprint density at radius 1 is 1.21 bits per heavy atom. The molecule has 2 rings (SSSR count). The SMILES string of the molecule is CNC(C)(C)C(=O)NCC1CCN(C2CC(C)(C)NC(C)(C)C2)C1. The number of nitrogens with zero attached hydrogens (tertiary/aromatic N) is 1. The van der Waals surface area contributed by atoms with Gasteiger partial charge in [-0.2, -0.15) is 0 Å². The highest BCUT2D eigenvalue weighted by Gasteiger charge is 2.41. The van der Waals surface area contributed by atoms with Gasteiger partial charge in [-0.1, -0.05) is 0 Å². The number of carbonyl (C=O) groups is 1. The third kappa shape index (κ3) is 4.93. The lowest BCUT2D eigenvalue weighted by Gasteiger charge is -2.49. The Morgan fingerprint density at radius 3 is 2.33 bits per heavy atom. The summed E-state index contributed by atoms with van der Waals surface area (Å²) in [6, 6.07) is 0.644. The van der Waals surface area contributed by atoms with Crippen LogP contribution >= 0.6 is 0 Å². The number of carbonyl (C=O) groups excluding carboxylic acids is 1. The number of rotatable bonds is 5. The average Bonchev–Trinajstić information content (AvgIpc) is 2.90. The van der Waals surface area contributed by atoms with Crippen molar-refractivity contribution in [2.24, 2.45) is 5.92 Å². The van der Waals surface area contributed by atoms with Crippen molar-refractivity contribution in [3.05, 3.63) is 0 Å². The Bertz CT molecular complexity index is 442. The molecule has 3 N–H and O–H groups in total. The van der Waals surface area contributed by atoms with Gasteiger partial charge in [-0.15, -0.1) is 0 Å². The predicted octanol–water partition coefficient (Wildman–Crippen LogP) is 1.73. The zero-order valence-electron chi connectivity index (χ0n) is 16.8. The second kappa shape index (κ2) is 6.93. The molecule has 5 heteroatoms. The molecule has 0 spiro atoms. The van der Waals surface area contributed by atoms with Crippen molar-refractivity contribution in [3.8, 4) is 0 Å². The Morgan fingerprint density at radius 2 is 1.79 bits per heavy atom. The zero-order chi connectivity index (χ0) is 18.2. The fraction of sp³-hybridized carbons (Fsp3) is 0.947. The van der Waals surface area contributed by atoms with E-state index in [9.17, 15) is 4.79 Å². The van der Waals surface area contributed by atoms with Gasteiger partial charge < -0.3 is 16.0 Å². The lowest BCUT2D eigenvalue weighted by molar-refractivity contribution is -0.126. The van der Waals surface area contributed by atoms with E-state index in [1.165, 1.54) is 19.3 Å². The first-order valence-electron chi connectivity index (χ1n) is 9.45. The van der Waals surface area contributed by atoms with Crippen LogP contribution in [0.4, 0.5) is 0 Å². The first-order chi connectivity index (χ1) is 10.9. The normalized spacial score (nSPS) is 28.0. The predicted molar refractivity (Wildman–Crippen MR) is 100 cm³/mol. The molecule has 0 saturated carbocycles. The molecule has 1 unspecified atom stereocenters. The first kappa shape index (κ1) is 19.7. The van der Waals surface area contributed by atoms with Crippen LogP contribution < -0.4 is 16.0 Å². The van der Waals surface area contributed by atoms with Gasteiger partial charge in [0.2, 0.25) is 5.91 Å². The molecule has 2 fully saturated rings. The van der Waals surface area contributed by atoms with Crippen molar-refractivity contribution in [3.63, 3.8) is 0 Å². The fourth-order valence-electron chi connectivity index (χ4n) is 4.46. The van der Waals surface area contributed by atoms with Crippen LogP contribution in [0, 0.1) is 5.92 Å². The van der Waals surface area contributed by atoms with Gasteiger partial charge in [-0.3, -0.25) is 9.69 Å². The second-order valence-electron chi connectivity index (χ2n) is 9.69. The summed E-state index contributed by atoms with van der Waals surface area (Å²) in [5.74, 6) is 0.662. The molecule has 0 aromatic rings. The number of likely N-dealkylation sites (N-methyl/N-ethyl adjacent to an activating group) is 1. The fourth-order valence-corrected chi connectivity index (χ4v) is 4.46. The maximum atomic E-state index is 12.2. The van der Waals surface area contributed by atoms with Crippen LogP contribution in [0.1, 0.15) is 60.8 Å². The maximum Gasteiger partial charge on any atom is 0.239 e. The van der Waals surface area contributed by atoms with Crippen molar-refractivity contribution < 1.29 is 4.79 Å². The van der Waals surface area contributed by atoms with Gasteiger partial charge in [0.1, 0.15) is 0 Å². The van der Waals surface area contributed by atoms with Crippen LogP contribution in [-0.4, -0.2) is 60.1 Å². The maximum absolute atomic E-state index is 12.2. The molecule has 0 bridgehead atoms. The van der Waals surface area contributed by atoms with E-state index in [4.69, 9.17) is 0 Å². The average molecular weight is 339 g/mol. The summed E-state index contributed by atoms with van der Waals surface area (Å²) in [7, 11) is 1.83. The quantitative estimate of drug-likeness (QED) is 0.715. The molecule has 0 aromatic heterocycles. The minimum Gasteiger partial charge on any atom is -0.354 e. The molecule has 2 aliphatic rings. The molecule has 140 valence electrons. The van der Waals surface area contributed by atoms with Gasteiger partial charge in [0, 0.05) is 30.2 Å². The summed E-state index contributed by atoms with van der Waals surface area (Å²) in [6.45, 7) is 16.2. The zero-order valence-corrected chi connectivity index (χ0v) is 16.8. The minimum atomic E-state index is -0.499. The first-order valence-corrected chi connectivity index (χ1v) is 9.45. The summed E-state index contributed by atoms with van der Waals surface area (Å²) in [5.41, 5.74) is -0.119. The lowest BCUT2D eigenvalue weighted by atomic mass is 9.79. The summed E-state index contributed by atoms with van der Waals surface area (Å²) < 4.78 is 0. The van der Waals surface area contributed by atoms with E-state index in [0.717, 1.165) is 19.6 Å². The molecule has 0 radical (unpaired) electrons. The van der Waals surface area contributed by atoms with Gasteiger partial charge in [-0.25, -0.2) is 0 Å². The highest BCUT2D eigenvalue weighted by Crippen LogP contribution is 2.33. The third-order valence-corrected chi connectivity index (χ3v) is 5.75. The standard InChI is InChI=1S/C19H38N4O/c1-17(2)10-15(11-18(3,4)22-17)23-9-8-14(13-23)12-21-16(24)19(5,6)20-7/h14-15,20,22H,8-13H2,1-7H3,(H,21,24). The summed E-state index contributed by atoms with van der Waals surface area (Å²) >= 11 is 0. The van der Waals surface area contributed by atoms with E-state index >= 15 is 0 Å². The molecule has 24 heavy (non-hydrogen) atoms. The smallest absolute Gasteiger partial charge is 0.239 e. The molecule has 0 aliphatic carbocycles. The Labute approximate surface area is 148 Å². The molecule has 1 amide bonds. The number of hydrogen-bond donors (Lipinski definition) is 3. The Hall–Kier alpha value is -0.650. The Kier molecular flexibility index (Phi) is 5.68.